The maximum absolute atomic E-state index is 3.89. The highest BCUT2D eigenvalue weighted by atomic mass is 15.3. The van der Waals surface area contributed by atoms with Gasteiger partial charge in [-0.1, -0.05) is 26.2 Å². The van der Waals surface area contributed by atoms with Gasteiger partial charge in [0.15, 0.2) is 0 Å². The fourth-order valence-electron chi connectivity index (χ4n) is 3.90. The molecule has 1 atom stereocenters. The molecule has 1 saturated heterocycles. The van der Waals surface area contributed by atoms with Gasteiger partial charge in [0.05, 0.1) is 0 Å². The highest BCUT2D eigenvalue weighted by Gasteiger charge is 2.43. The number of hydrogen-bond donors (Lipinski definition) is 1. The Kier molecular flexibility index (Phi) is 2.97. The van der Waals surface area contributed by atoms with Gasteiger partial charge in [-0.2, -0.15) is 0 Å². The van der Waals surface area contributed by atoms with Gasteiger partial charge in [0, 0.05) is 30.7 Å². The van der Waals surface area contributed by atoms with Crippen molar-refractivity contribution in [1.29, 1.82) is 0 Å². The van der Waals surface area contributed by atoms with E-state index in [1.807, 2.05) is 0 Å². The van der Waals surface area contributed by atoms with Crippen LogP contribution >= 0.6 is 0 Å². The molecule has 0 amide bonds. The molecule has 2 aliphatic carbocycles. The Balaban J connectivity index is 1.70. The summed E-state index contributed by atoms with van der Waals surface area (Å²) in [6, 6.07) is 1.75. The molecule has 1 spiro atoms. The van der Waals surface area contributed by atoms with E-state index in [9.17, 15) is 0 Å². The molecule has 92 valence electrons. The SMILES string of the molecule is CCC1CNC2(CCCC2)CN1C1CCC1. The third-order valence-electron chi connectivity index (χ3n) is 5.24. The van der Waals surface area contributed by atoms with Crippen molar-refractivity contribution in [3.05, 3.63) is 0 Å². The summed E-state index contributed by atoms with van der Waals surface area (Å²) in [5.41, 5.74) is 0.515. The quantitative estimate of drug-likeness (QED) is 0.772. The summed E-state index contributed by atoms with van der Waals surface area (Å²) in [4.78, 5) is 2.87. The lowest BCUT2D eigenvalue weighted by Gasteiger charge is -2.51. The molecule has 2 heteroatoms. The largest absolute Gasteiger partial charge is 0.308 e. The van der Waals surface area contributed by atoms with E-state index in [4.69, 9.17) is 0 Å². The summed E-state index contributed by atoms with van der Waals surface area (Å²) in [6.45, 7) is 4.94. The van der Waals surface area contributed by atoms with E-state index in [1.165, 1.54) is 64.5 Å². The molecule has 3 aliphatic rings. The average molecular weight is 222 g/mol. The molecule has 0 aromatic carbocycles. The third kappa shape index (κ3) is 1.80. The van der Waals surface area contributed by atoms with Crippen LogP contribution < -0.4 is 5.32 Å². The van der Waals surface area contributed by atoms with Gasteiger partial charge in [-0.15, -0.1) is 0 Å². The van der Waals surface area contributed by atoms with E-state index in [2.05, 4.69) is 17.1 Å². The number of nitrogens with one attached hydrogen (secondary N) is 1. The van der Waals surface area contributed by atoms with Crippen LogP contribution in [0.15, 0.2) is 0 Å². The molecule has 3 rings (SSSR count). The lowest BCUT2D eigenvalue weighted by atomic mass is 9.84. The molecular weight excluding hydrogens is 196 g/mol. The first-order valence-electron chi connectivity index (χ1n) is 7.34. The Morgan fingerprint density at radius 3 is 2.50 bits per heavy atom. The van der Waals surface area contributed by atoms with Gasteiger partial charge in [-0.3, -0.25) is 4.90 Å². The van der Waals surface area contributed by atoms with Crippen LogP contribution in [0.4, 0.5) is 0 Å². The molecule has 0 bridgehead atoms. The van der Waals surface area contributed by atoms with Crippen LogP contribution in [0.5, 0.6) is 0 Å². The van der Waals surface area contributed by atoms with Crippen LogP contribution in [0.25, 0.3) is 0 Å². The first-order chi connectivity index (χ1) is 7.83. The Bertz CT molecular complexity index is 241. The molecule has 1 N–H and O–H groups in total. The van der Waals surface area contributed by atoms with Crippen LogP contribution in [0, 0.1) is 0 Å². The summed E-state index contributed by atoms with van der Waals surface area (Å²) in [5.74, 6) is 0. The summed E-state index contributed by atoms with van der Waals surface area (Å²) < 4.78 is 0. The van der Waals surface area contributed by atoms with Gasteiger partial charge in [0.2, 0.25) is 0 Å². The van der Waals surface area contributed by atoms with E-state index in [0.717, 1.165) is 12.1 Å². The topological polar surface area (TPSA) is 15.3 Å². The van der Waals surface area contributed by atoms with Crippen LogP contribution in [0.2, 0.25) is 0 Å². The maximum Gasteiger partial charge on any atom is 0.0309 e. The van der Waals surface area contributed by atoms with Gasteiger partial charge in [0.1, 0.15) is 0 Å². The monoisotopic (exact) mass is 222 g/mol. The Morgan fingerprint density at radius 1 is 1.19 bits per heavy atom. The van der Waals surface area contributed by atoms with Crippen LogP contribution in [-0.4, -0.2) is 35.6 Å². The smallest absolute Gasteiger partial charge is 0.0309 e. The number of rotatable bonds is 2. The van der Waals surface area contributed by atoms with Crippen LogP contribution in [-0.2, 0) is 0 Å². The van der Waals surface area contributed by atoms with Crippen LogP contribution in [0.1, 0.15) is 58.3 Å². The minimum absolute atomic E-state index is 0.515. The number of hydrogen-bond acceptors (Lipinski definition) is 2. The molecule has 3 fully saturated rings. The zero-order valence-corrected chi connectivity index (χ0v) is 10.7. The number of nitrogens with zero attached hydrogens (tertiary/aromatic N) is 1. The number of piperazine rings is 1. The Labute approximate surface area is 99.8 Å². The highest BCUT2D eigenvalue weighted by Crippen LogP contribution is 2.37. The van der Waals surface area contributed by atoms with Gasteiger partial charge < -0.3 is 5.32 Å². The third-order valence-corrected chi connectivity index (χ3v) is 5.24. The molecule has 0 aromatic rings. The minimum atomic E-state index is 0.515. The molecule has 1 heterocycles. The summed E-state index contributed by atoms with van der Waals surface area (Å²) in [5, 5.41) is 3.89. The fraction of sp³-hybridized carbons (Fsp3) is 1.00. The van der Waals surface area contributed by atoms with Crippen molar-refractivity contribution in [3.8, 4) is 0 Å². The molecule has 2 nitrogen and oxygen atoms in total. The van der Waals surface area contributed by atoms with E-state index in [0.29, 0.717) is 5.54 Å². The van der Waals surface area contributed by atoms with E-state index in [1.54, 1.807) is 0 Å². The predicted molar refractivity (Wildman–Crippen MR) is 67.6 cm³/mol. The first kappa shape index (κ1) is 11.0. The second-order valence-electron chi connectivity index (χ2n) is 6.19. The average Bonchev–Trinajstić information content (AvgIpc) is 2.65. The molecular formula is C14H26N2. The van der Waals surface area contributed by atoms with Crippen LogP contribution in [0.3, 0.4) is 0 Å². The zero-order chi connectivity index (χ0) is 11.0. The lowest BCUT2D eigenvalue weighted by Crippen LogP contribution is -2.65. The van der Waals surface area contributed by atoms with E-state index in [-0.39, 0.29) is 0 Å². The van der Waals surface area contributed by atoms with Gasteiger partial charge in [-0.05, 0) is 32.1 Å². The highest BCUT2D eigenvalue weighted by molar-refractivity contribution is 5.03. The van der Waals surface area contributed by atoms with Gasteiger partial charge in [0.25, 0.3) is 0 Å². The first-order valence-corrected chi connectivity index (χ1v) is 7.34. The van der Waals surface area contributed by atoms with Crippen molar-refractivity contribution in [3.63, 3.8) is 0 Å². The van der Waals surface area contributed by atoms with Crippen molar-refractivity contribution in [2.24, 2.45) is 0 Å². The van der Waals surface area contributed by atoms with Gasteiger partial charge in [-0.25, -0.2) is 0 Å². The summed E-state index contributed by atoms with van der Waals surface area (Å²) >= 11 is 0. The minimum Gasteiger partial charge on any atom is -0.308 e. The molecule has 0 aromatic heterocycles. The molecule has 1 unspecified atom stereocenters. The standard InChI is InChI=1S/C14H26N2/c1-2-12-10-15-14(8-3-4-9-14)11-16(12)13-6-5-7-13/h12-13,15H,2-11H2,1H3. The van der Waals surface area contributed by atoms with Crippen molar-refractivity contribution < 1.29 is 0 Å². The molecule has 1 aliphatic heterocycles. The van der Waals surface area contributed by atoms with E-state index < -0.39 is 0 Å². The van der Waals surface area contributed by atoms with Crippen molar-refractivity contribution in [1.82, 2.24) is 10.2 Å². The van der Waals surface area contributed by atoms with Crippen molar-refractivity contribution in [2.45, 2.75) is 75.9 Å². The Morgan fingerprint density at radius 2 is 1.94 bits per heavy atom. The fourth-order valence-corrected chi connectivity index (χ4v) is 3.90. The molecule has 16 heavy (non-hydrogen) atoms. The zero-order valence-electron chi connectivity index (χ0n) is 10.7. The van der Waals surface area contributed by atoms with E-state index >= 15 is 0 Å². The molecule has 2 saturated carbocycles. The second kappa shape index (κ2) is 4.30. The molecule has 0 radical (unpaired) electrons. The lowest BCUT2D eigenvalue weighted by molar-refractivity contribution is 0.0111. The maximum atomic E-state index is 3.89. The second-order valence-corrected chi connectivity index (χ2v) is 6.19. The Hall–Kier alpha value is -0.0800. The van der Waals surface area contributed by atoms with Crippen molar-refractivity contribution in [2.75, 3.05) is 13.1 Å². The van der Waals surface area contributed by atoms with Gasteiger partial charge >= 0.3 is 0 Å². The summed E-state index contributed by atoms with van der Waals surface area (Å²) in [7, 11) is 0. The predicted octanol–water partition coefficient (Wildman–Crippen LogP) is 2.54. The van der Waals surface area contributed by atoms with Crippen molar-refractivity contribution >= 4 is 0 Å². The summed E-state index contributed by atoms with van der Waals surface area (Å²) in [6.07, 6.45) is 11.5. The normalized spacial score (nSPS) is 35.4.